The largest absolute Gasteiger partial charge is 0.353 e. The van der Waals surface area contributed by atoms with Gasteiger partial charge in [-0.3, -0.25) is 4.79 Å². The van der Waals surface area contributed by atoms with Crippen LogP contribution in [-0.2, 0) is 14.3 Å². The average Bonchev–Trinajstić information content (AvgIpc) is 3.00. The van der Waals surface area contributed by atoms with Gasteiger partial charge in [0.1, 0.15) is 5.78 Å². The van der Waals surface area contributed by atoms with Crippen LogP contribution in [0.5, 0.6) is 0 Å². The molecule has 0 aromatic rings. The zero-order valence-corrected chi connectivity index (χ0v) is 18.3. The van der Waals surface area contributed by atoms with E-state index >= 15 is 0 Å². The maximum Gasteiger partial charge on any atom is 0.157 e. The first-order valence-corrected chi connectivity index (χ1v) is 12.2. The van der Waals surface area contributed by atoms with E-state index in [-0.39, 0.29) is 12.2 Å². The summed E-state index contributed by atoms with van der Waals surface area (Å²) >= 11 is 0. The first-order valence-electron chi connectivity index (χ1n) is 12.2. The van der Waals surface area contributed by atoms with E-state index in [9.17, 15) is 4.79 Å². The van der Waals surface area contributed by atoms with Gasteiger partial charge in [0.2, 0.25) is 0 Å². The van der Waals surface area contributed by atoms with Crippen LogP contribution < -0.4 is 0 Å². The van der Waals surface area contributed by atoms with Crippen molar-refractivity contribution >= 4 is 5.78 Å². The molecule has 1 saturated heterocycles. The Morgan fingerprint density at radius 3 is 2.57 bits per heavy atom. The summed E-state index contributed by atoms with van der Waals surface area (Å²) in [5, 5.41) is 0. The first-order chi connectivity index (χ1) is 13.4. The standard InChI is InChI=1S/C25H40O3/c1-16-15-25(3)17(14-21(16)26)7-8-18-19-9-10-22(24(19,2)12-11-20(18)25)28-23-6-4-5-13-27-23/h16-20,22-23H,4-15H2,1-3H3/t16-,17-,18-,19-,20-,22-,23+,24-,25-/m0/s1. The number of carbonyl (C=O) groups is 1. The van der Waals surface area contributed by atoms with E-state index in [1.54, 1.807) is 0 Å². The van der Waals surface area contributed by atoms with E-state index in [0.717, 1.165) is 43.6 Å². The van der Waals surface area contributed by atoms with Crippen LogP contribution in [0.3, 0.4) is 0 Å². The topological polar surface area (TPSA) is 35.5 Å². The summed E-state index contributed by atoms with van der Waals surface area (Å²) in [5.74, 6) is 3.93. The summed E-state index contributed by atoms with van der Waals surface area (Å²) in [6.07, 6.45) is 13.8. The lowest BCUT2D eigenvalue weighted by Crippen LogP contribution is -2.55. The third-order valence-electron chi connectivity index (χ3n) is 10.2. The van der Waals surface area contributed by atoms with E-state index in [4.69, 9.17) is 9.47 Å². The zero-order chi connectivity index (χ0) is 19.5. The summed E-state index contributed by atoms with van der Waals surface area (Å²) in [5.41, 5.74) is 0.726. The van der Waals surface area contributed by atoms with Crippen LogP contribution in [0.2, 0.25) is 0 Å². The van der Waals surface area contributed by atoms with Gasteiger partial charge in [0.25, 0.3) is 0 Å². The minimum Gasteiger partial charge on any atom is -0.353 e. The Hall–Kier alpha value is -0.410. The molecule has 0 aromatic heterocycles. The lowest BCUT2D eigenvalue weighted by atomic mass is 9.44. The predicted octanol–water partition coefficient (Wildman–Crippen LogP) is 5.76. The van der Waals surface area contributed by atoms with Crippen LogP contribution >= 0.6 is 0 Å². The van der Waals surface area contributed by atoms with Crippen LogP contribution in [0, 0.1) is 40.4 Å². The first kappa shape index (κ1) is 19.5. The molecule has 3 nitrogen and oxygen atoms in total. The molecular formula is C25H40O3. The SMILES string of the molecule is C[C@H]1C[C@@]2(C)[C@@H](CC[C@@H]3[C@@H]2CC[C@]2(C)[C@@H](O[C@@H]4CCCCO4)CC[C@@H]32)CC1=O. The van der Waals surface area contributed by atoms with Crippen LogP contribution in [0.1, 0.15) is 91.4 Å². The van der Waals surface area contributed by atoms with Crippen LogP contribution in [0.4, 0.5) is 0 Å². The minimum absolute atomic E-state index is 0.0468. The second-order valence-corrected chi connectivity index (χ2v) is 11.5. The van der Waals surface area contributed by atoms with Crippen molar-refractivity contribution in [3.63, 3.8) is 0 Å². The number of hydrogen-bond donors (Lipinski definition) is 0. The summed E-state index contributed by atoms with van der Waals surface area (Å²) < 4.78 is 12.5. The summed E-state index contributed by atoms with van der Waals surface area (Å²) in [4.78, 5) is 12.4. The van der Waals surface area contributed by atoms with Gasteiger partial charge < -0.3 is 9.47 Å². The molecular weight excluding hydrogens is 348 g/mol. The van der Waals surface area contributed by atoms with E-state index in [2.05, 4.69) is 20.8 Å². The van der Waals surface area contributed by atoms with Crippen molar-refractivity contribution in [3.05, 3.63) is 0 Å². The molecule has 5 aliphatic rings. The van der Waals surface area contributed by atoms with Crippen LogP contribution in [0.25, 0.3) is 0 Å². The molecule has 1 heterocycles. The Balaban J connectivity index is 1.34. The second-order valence-electron chi connectivity index (χ2n) is 11.5. The molecule has 0 spiro atoms. The molecule has 5 rings (SSSR count). The third kappa shape index (κ3) is 2.94. The minimum atomic E-state index is 0.0468. The fourth-order valence-electron chi connectivity index (χ4n) is 8.58. The summed E-state index contributed by atoms with van der Waals surface area (Å²) in [7, 11) is 0. The highest BCUT2D eigenvalue weighted by atomic mass is 16.7. The molecule has 0 aromatic carbocycles. The van der Waals surface area contributed by atoms with E-state index in [0.29, 0.717) is 28.6 Å². The Kier molecular flexibility index (Phi) is 4.94. The number of rotatable bonds is 2. The lowest BCUT2D eigenvalue weighted by Gasteiger charge is -2.60. The predicted molar refractivity (Wildman–Crippen MR) is 110 cm³/mol. The van der Waals surface area contributed by atoms with E-state index in [1.807, 2.05) is 0 Å². The van der Waals surface area contributed by atoms with E-state index < -0.39 is 0 Å². The Morgan fingerprint density at radius 1 is 0.964 bits per heavy atom. The van der Waals surface area contributed by atoms with Crippen molar-refractivity contribution in [2.75, 3.05) is 6.61 Å². The molecule has 28 heavy (non-hydrogen) atoms. The number of fused-ring (bicyclic) bond motifs is 5. The number of ether oxygens (including phenoxy) is 2. The second kappa shape index (κ2) is 7.08. The highest BCUT2D eigenvalue weighted by molar-refractivity contribution is 5.82. The molecule has 4 aliphatic carbocycles. The molecule has 5 fully saturated rings. The highest BCUT2D eigenvalue weighted by Crippen LogP contribution is 2.66. The van der Waals surface area contributed by atoms with Crippen molar-refractivity contribution in [2.45, 2.75) is 104 Å². The molecule has 1 aliphatic heterocycles. The Labute approximate surface area is 171 Å². The van der Waals surface area contributed by atoms with Gasteiger partial charge >= 0.3 is 0 Å². The fraction of sp³-hybridized carbons (Fsp3) is 0.960. The molecule has 0 bridgehead atoms. The Bertz CT molecular complexity index is 611. The fourth-order valence-corrected chi connectivity index (χ4v) is 8.58. The highest BCUT2D eigenvalue weighted by Gasteiger charge is 2.61. The van der Waals surface area contributed by atoms with E-state index in [1.165, 1.54) is 51.4 Å². The van der Waals surface area contributed by atoms with Gasteiger partial charge in [-0.25, -0.2) is 0 Å². The molecule has 3 heteroatoms. The molecule has 0 N–H and O–H groups in total. The normalized spacial score (nSPS) is 54.0. The van der Waals surface area contributed by atoms with Crippen molar-refractivity contribution in [1.82, 2.24) is 0 Å². The zero-order valence-electron chi connectivity index (χ0n) is 18.3. The van der Waals surface area contributed by atoms with Crippen molar-refractivity contribution in [1.29, 1.82) is 0 Å². The monoisotopic (exact) mass is 388 g/mol. The molecule has 0 unspecified atom stereocenters. The van der Waals surface area contributed by atoms with Gasteiger partial charge in [-0.1, -0.05) is 20.8 Å². The number of hydrogen-bond acceptors (Lipinski definition) is 3. The maximum atomic E-state index is 12.4. The lowest BCUT2D eigenvalue weighted by molar-refractivity contribution is -0.218. The average molecular weight is 389 g/mol. The van der Waals surface area contributed by atoms with Crippen molar-refractivity contribution < 1.29 is 14.3 Å². The van der Waals surface area contributed by atoms with Gasteiger partial charge in [0.15, 0.2) is 6.29 Å². The van der Waals surface area contributed by atoms with Crippen LogP contribution in [-0.4, -0.2) is 24.8 Å². The number of carbonyl (C=O) groups excluding carboxylic acids is 1. The smallest absolute Gasteiger partial charge is 0.157 e. The molecule has 9 atom stereocenters. The maximum absolute atomic E-state index is 12.4. The van der Waals surface area contributed by atoms with Crippen molar-refractivity contribution in [3.8, 4) is 0 Å². The quantitative estimate of drug-likeness (QED) is 0.603. The van der Waals surface area contributed by atoms with Gasteiger partial charge in [-0.05, 0) is 98.7 Å². The summed E-state index contributed by atoms with van der Waals surface area (Å²) in [6.45, 7) is 8.15. The van der Waals surface area contributed by atoms with Gasteiger partial charge in [-0.15, -0.1) is 0 Å². The van der Waals surface area contributed by atoms with Gasteiger partial charge in [0.05, 0.1) is 6.10 Å². The van der Waals surface area contributed by atoms with Crippen molar-refractivity contribution in [2.24, 2.45) is 40.4 Å². The van der Waals surface area contributed by atoms with Gasteiger partial charge in [-0.2, -0.15) is 0 Å². The molecule has 4 saturated carbocycles. The number of Topliss-reactive ketones (excluding diaryl/α,β-unsaturated/α-hetero) is 1. The molecule has 0 radical (unpaired) electrons. The Morgan fingerprint density at radius 2 is 1.79 bits per heavy atom. The number of ketones is 1. The summed E-state index contributed by atoms with van der Waals surface area (Å²) in [6, 6.07) is 0. The third-order valence-corrected chi connectivity index (χ3v) is 10.2. The van der Waals surface area contributed by atoms with Gasteiger partial charge in [0, 0.05) is 18.9 Å². The molecule has 0 amide bonds. The molecule has 158 valence electrons. The van der Waals surface area contributed by atoms with Crippen LogP contribution in [0.15, 0.2) is 0 Å².